The number of hydrogen-bond donors (Lipinski definition) is 1. The zero-order chi connectivity index (χ0) is 9.72. The summed E-state index contributed by atoms with van der Waals surface area (Å²) in [5.74, 6) is 0. The second-order valence-corrected chi connectivity index (χ2v) is 3.65. The number of hydrogen-bond acceptors (Lipinski definition) is 2. The highest BCUT2D eigenvalue weighted by molar-refractivity contribution is 7.13. The van der Waals surface area contributed by atoms with Crippen LogP contribution >= 0.6 is 11.3 Å². The Kier molecular flexibility index (Phi) is 4.67. The van der Waals surface area contributed by atoms with E-state index in [1.807, 2.05) is 13.8 Å². The molecule has 68 valence electrons. The van der Waals surface area contributed by atoms with Gasteiger partial charge in [-0.3, -0.25) is 0 Å². The monoisotopic (exact) mass is 183 g/mol. The lowest BCUT2D eigenvalue weighted by molar-refractivity contribution is 1.46. The molecular weight excluding hydrogens is 166 g/mol. The average molecular weight is 183 g/mol. The molecule has 0 amide bonds. The van der Waals surface area contributed by atoms with Crippen LogP contribution in [0.3, 0.4) is 0 Å². The third kappa shape index (κ3) is 2.70. The van der Waals surface area contributed by atoms with Crippen molar-refractivity contribution < 1.29 is 0 Å². The van der Waals surface area contributed by atoms with Gasteiger partial charge in [0.05, 0.1) is 4.88 Å². The predicted molar refractivity (Wildman–Crippen MR) is 58.4 cm³/mol. The van der Waals surface area contributed by atoms with E-state index in [-0.39, 0.29) is 0 Å². The molecule has 0 bridgehead atoms. The van der Waals surface area contributed by atoms with Crippen molar-refractivity contribution in [3.63, 3.8) is 0 Å². The molecule has 0 spiro atoms. The van der Waals surface area contributed by atoms with E-state index >= 15 is 0 Å². The van der Waals surface area contributed by atoms with Gasteiger partial charge in [0.1, 0.15) is 0 Å². The molecule has 0 aliphatic carbocycles. The number of rotatable bonds is 1. The Morgan fingerprint density at radius 2 is 1.92 bits per heavy atom. The topological polar surface area (TPSA) is 26.0 Å². The average Bonchev–Trinajstić information content (AvgIpc) is 2.34. The van der Waals surface area contributed by atoms with Crippen LogP contribution in [0.2, 0.25) is 0 Å². The maximum absolute atomic E-state index is 5.54. The molecule has 1 rings (SSSR count). The van der Waals surface area contributed by atoms with Gasteiger partial charge in [-0.15, -0.1) is 11.3 Å². The summed E-state index contributed by atoms with van der Waals surface area (Å²) in [6.45, 7) is 11.8. The molecule has 2 heteroatoms. The Morgan fingerprint density at radius 1 is 1.42 bits per heavy atom. The first kappa shape index (κ1) is 11.2. The summed E-state index contributed by atoms with van der Waals surface area (Å²) in [4.78, 5) is 2.41. The molecule has 0 atom stereocenters. The molecule has 1 heterocycles. The SMILES string of the molecule is C=C(N)c1sc(C)cc1C.CC. The molecule has 1 nitrogen and oxygen atoms in total. The van der Waals surface area contributed by atoms with E-state index in [1.54, 1.807) is 11.3 Å². The van der Waals surface area contributed by atoms with E-state index in [0.29, 0.717) is 5.70 Å². The van der Waals surface area contributed by atoms with Crippen LogP contribution < -0.4 is 5.73 Å². The Bertz CT molecular complexity index is 261. The summed E-state index contributed by atoms with van der Waals surface area (Å²) in [6.07, 6.45) is 0. The lowest BCUT2D eigenvalue weighted by Crippen LogP contribution is -1.91. The molecule has 0 aliphatic heterocycles. The fraction of sp³-hybridized carbons (Fsp3) is 0.400. The third-order valence-corrected chi connectivity index (χ3v) is 2.56. The van der Waals surface area contributed by atoms with Crippen molar-refractivity contribution >= 4 is 17.0 Å². The fourth-order valence-corrected chi connectivity index (χ4v) is 1.87. The Balaban J connectivity index is 0.000000561. The predicted octanol–water partition coefficient (Wildman–Crippen LogP) is 3.32. The van der Waals surface area contributed by atoms with Crippen LogP contribution in [0.25, 0.3) is 5.70 Å². The van der Waals surface area contributed by atoms with Gasteiger partial charge in [0, 0.05) is 10.6 Å². The Labute approximate surface area is 78.9 Å². The summed E-state index contributed by atoms with van der Waals surface area (Å²) >= 11 is 1.70. The molecule has 2 N–H and O–H groups in total. The minimum absolute atomic E-state index is 0.676. The van der Waals surface area contributed by atoms with Gasteiger partial charge in [0.2, 0.25) is 0 Å². The van der Waals surface area contributed by atoms with Gasteiger partial charge in [-0.2, -0.15) is 0 Å². The van der Waals surface area contributed by atoms with Crippen LogP contribution in [-0.2, 0) is 0 Å². The van der Waals surface area contributed by atoms with Gasteiger partial charge in [-0.05, 0) is 25.5 Å². The number of thiophene rings is 1. The van der Waals surface area contributed by atoms with Gasteiger partial charge >= 0.3 is 0 Å². The molecule has 0 radical (unpaired) electrons. The van der Waals surface area contributed by atoms with E-state index in [4.69, 9.17) is 5.73 Å². The summed E-state index contributed by atoms with van der Waals surface area (Å²) in [7, 11) is 0. The highest BCUT2D eigenvalue weighted by Gasteiger charge is 2.02. The third-order valence-electron chi connectivity index (χ3n) is 1.33. The van der Waals surface area contributed by atoms with Gasteiger partial charge in [0.15, 0.2) is 0 Å². The van der Waals surface area contributed by atoms with E-state index in [1.165, 1.54) is 10.4 Å². The molecular formula is C10H17NS. The summed E-state index contributed by atoms with van der Waals surface area (Å²) in [5.41, 5.74) is 7.45. The van der Waals surface area contributed by atoms with Gasteiger partial charge < -0.3 is 5.73 Å². The highest BCUT2D eigenvalue weighted by Crippen LogP contribution is 2.24. The van der Waals surface area contributed by atoms with Crippen molar-refractivity contribution in [2.75, 3.05) is 0 Å². The maximum Gasteiger partial charge on any atom is 0.0525 e. The minimum atomic E-state index is 0.676. The molecule has 12 heavy (non-hydrogen) atoms. The van der Waals surface area contributed by atoms with Crippen molar-refractivity contribution in [2.45, 2.75) is 27.7 Å². The van der Waals surface area contributed by atoms with Crippen LogP contribution in [-0.4, -0.2) is 0 Å². The summed E-state index contributed by atoms with van der Waals surface area (Å²) in [5, 5.41) is 0. The fourth-order valence-electron chi connectivity index (χ4n) is 0.960. The molecule has 1 aromatic rings. The molecule has 0 aromatic carbocycles. The smallest absolute Gasteiger partial charge is 0.0525 e. The molecule has 0 aliphatic rings. The first-order valence-electron chi connectivity index (χ1n) is 4.13. The molecule has 0 saturated heterocycles. The standard InChI is InChI=1S/C8H11NS.C2H6/c1-5-4-6(2)10-8(5)7(3)9;1-2/h4H,3,9H2,1-2H3;1-2H3. The van der Waals surface area contributed by atoms with Crippen LogP contribution in [0.1, 0.15) is 29.2 Å². The summed E-state index contributed by atoms with van der Waals surface area (Å²) in [6, 6.07) is 2.12. The minimum Gasteiger partial charge on any atom is -0.398 e. The van der Waals surface area contributed by atoms with Gasteiger partial charge in [-0.1, -0.05) is 20.4 Å². The normalized spacial score (nSPS) is 8.67. The largest absolute Gasteiger partial charge is 0.398 e. The molecule has 0 fully saturated rings. The van der Waals surface area contributed by atoms with Crippen molar-refractivity contribution in [2.24, 2.45) is 5.73 Å². The zero-order valence-electron chi connectivity index (χ0n) is 8.27. The first-order chi connectivity index (χ1) is 5.61. The molecule has 0 saturated carbocycles. The van der Waals surface area contributed by atoms with E-state index in [2.05, 4.69) is 26.5 Å². The van der Waals surface area contributed by atoms with E-state index < -0.39 is 0 Å². The Hall–Kier alpha value is -0.760. The lowest BCUT2D eigenvalue weighted by atomic mass is 10.2. The van der Waals surface area contributed by atoms with Gasteiger partial charge in [-0.25, -0.2) is 0 Å². The Morgan fingerprint density at radius 3 is 2.08 bits per heavy atom. The van der Waals surface area contributed by atoms with Crippen molar-refractivity contribution in [1.82, 2.24) is 0 Å². The summed E-state index contributed by atoms with van der Waals surface area (Å²) < 4.78 is 0. The van der Waals surface area contributed by atoms with Crippen LogP contribution in [0.4, 0.5) is 0 Å². The highest BCUT2D eigenvalue weighted by atomic mass is 32.1. The van der Waals surface area contributed by atoms with Crippen molar-refractivity contribution in [1.29, 1.82) is 0 Å². The van der Waals surface area contributed by atoms with Crippen LogP contribution in [0, 0.1) is 13.8 Å². The van der Waals surface area contributed by atoms with E-state index in [0.717, 1.165) is 4.88 Å². The van der Waals surface area contributed by atoms with E-state index in [9.17, 15) is 0 Å². The quantitative estimate of drug-likeness (QED) is 0.710. The number of nitrogens with two attached hydrogens (primary N) is 1. The number of aryl methyl sites for hydroxylation is 2. The second kappa shape index (κ2) is 4.99. The molecule has 0 unspecified atom stereocenters. The van der Waals surface area contributed by atoms with Crippen LogP contribution in [0.15, 0.2) is 12.6 Å². The van der Waals surface area contributed by atoms with Crippen molar-refractivity contribution in [3.8, 4) is 0 Å². The molecule has 1 aromatic heterocycles. The lowest BCUT2D eigenvalue weighted by Gasteiger charge is -1.93. The van der Waals surface area contributed by atoms with Crippen molar-refractivity contribution in [3.05, 3.63) is 28.0 Å². The second-order valence-electron chi connectivity index (χ2n) is 2.39. The van der Waals surface area contributed by atoms with Crippen LogP contribution in [0.5, 0.6) is 0 Å². The zero-order valence-corrected chi connectivity index (χ0v) is 9.09. The van der Waals surface area contributed by atoms with Gasteiger partial charge in [0.25, 0.3) is 0 Å². The first-order valence-corrected chi connectivity index (χ1v) is 4.94. The maximum atomic E-state index is 5.54.